The van der Waals surface area contributed by atoms with Gasteiger partial charge in [-0.2, -0.15) is 0 Å². The van der Waals surface area contributed by atoms with Crippen molar-refractivity contribution in [3.63, 3.8) is 0 Å². The first-order chi connectivity index (χ1) is 10.7. The summed E-state index contributed by atoms with van der Waals surface area (Å²) in [5.74, 6) is 0.234. The van der Waals surface area contributed by atoms with Crippen LogP contribution >= 0.6 is 30.4 Å². The third-order valence-electron chi connectivity index (χ3n) is 3.34. The van der Waals surface area contributed by atoms with E-state index in [9.17, 15) is 9.67 Å². The molecule has 0 bridgehead atoms. The fourth-order valence-corrected chi connectivity index (χ4v) is 3.16. The smallest absolute Gasteiger partial charge is 0.390 e. The summed E-state index contributed by atoms with van der Waals surface area (Å²) >= 11 is 1.92. The second-order valence-corrected chi connectivity index (χ2v) is 7.12. The van der Waals surface area contributed by atoms with Gasteiger partial charge in [-0.15, -0.1) is 0 Å². The molecule has 11 nitrogen and oxygen atoms in total. The van der Waals surface area contributed by atoms with Crippen molar-refractivity contribution in [2.75, 3.05) is 12.3 Å². The van der Waals surface area contributed by atoms with Crippen LogP contribution < -0.4 is 5.73 Å². The molecule has 0 unspecified atom stereocenters. The van der Waals surface area contributed by atoms with Gasteiger partial charge < -0.3 is 25.4 Å². The van der Waals surface area contributed by atoms with Crippen molar-refractivity contribution in [1.82, 2.24) is 19.5 Å². The van der Waals surface area contributed by atoms with E-state index in [2.05, 4.69) is 19.5 Å². The maximum absolute atomic E-state index is 10.7. The fraction of sp³-hybridized carbons (Fsp3) is 0.500. The molecule has 3 atom stereocenters. The van der Waals surface area contributed by atoms with E-state index in [0.29, 0.717) is 15.0 Å². The lowest BCUT2D eigenvalue weighted by molar-refractivity contribution is -0.0424. The zero-order valence-corrected chi connectivity index (χ0v) is 14.5. The largest absolute Gasteiger partial charge is 0.469 e. The number of phosphoric acid groups is 1. The van der Waals surface area contributed by atoms with E-state index >= 15 is 0 Å². The molecule has 0 saturated carbocycles. The van der Waals surface area contributed by atoms with E-state index < -0.39 is 32.9 Å². The molecule has 1 aliphatic heterocycles. The minimum Gasteiger partial charge on any atom is -0.390 e. The maximum atomic E-state index is 10.7. The predicted octanol–water partition coefficient (Wildman–Crippen LogP) is -0.229. The normalized spacial score (nSPS) is 25.3. The molecule has 3 heterocycles. The van der Waals surface area contributed by atoms with E-state index in [0.717, 1.165) is 0 Å². The molecule has 1 saturated heterocycles. The van der Waals surface area contributed by atoms with Gasteiger partial charge in [0.2, 0.25) is 0 Å². The Morgan fingerprint density at radius 3 is 2.96 bits per heavy atom. The average molecular weight is 457 g/mol. The average Bonchev–Trinajstić information content (AvgIpc) is 2.99. The number of imidazole rings is 1. The number of phosphoric ester groups is 1. The summed E-state index contributed by atoms with van der Waals surface area (Å²) in [6, 6.07) is 0. The molecule has 0 aromatic carbocycles. The van der Waals surface area contributed by atoms with Crippen LogP contribution in [0.15, 0.2) is 6.33 Å². The first kappa shape index (κ1) is 17.0. The van der Waals surface area contributed by atoms with Crippen LogP contribution in [-0.4, -0.2) is 53.2 Å². The molecule has 5 N–H and O–H groups in total. The number of nitrogens with two attached hydrogens (primary N) is 1. The van der Waals surface area contributed by atoms with Gasteiger partial charge in [0, 0.05) is 29.0 Å². The number of aromatic nitrogens is 4. The summed E-state index contributed by atoms with van der Waals surface area (Å²) in [5.41, 5.74) is 6.66. The zero-order valence-electron chi connectivity index (χ0n) is 11.5. The minimum atomic E-state index is -4.63. The number of hydrogen-bond donors (Lipinski definition) is 4. The SMILES string of the molecule is Nc1nc(I)nc2c1ncn2[C@H]1C[C@H](O)[C@@H](COP(=O)(O)O)O1. The van der Waals surface area contributed by atoms with Gasteiger partial charge in [-0.25, -0.2) is 19.5 Å². The number of hydrogen-bond acceptors (Lipinski definition) is 8. The van der Waals surface area contributed by atoms with Crippen molar-refractivity contribution in [2.24, 2.45) is 0 Å². The van der Waals surface area contributed by atoms with Crippen molar-refractivity contribution >= 4 is 47.4 Å². The lowest BCUT2D eigenvalue weighted by Crippen LogP contribution is -2.25. The maximum Gasteiger partial charge on any atom is 0.469 e. The molecule has 0 aliphatic carbocycles. The third kappa shape index (κ3) is 3.63. The Morgan fingerprint density at radius 1 is 1.52 bits per heavy atom. The van der Waals surface area contributed by atoms with Crippen LogP contribution in [0.3, 0.4) is 0 Å². The summed E-state index contributed by atoms with van der Waals surface area (Å²) in [6.07, 6.45) is -0.757. The van der Waals surface area contributed by atoms with E-state index in [1.165, 1.54) is 6.33 Å². The van der Waals surface area contributed by atoms with Gasteiger partial charge in [0.05, 0.1) is 19.0 Å². The van der Waals surface area contributed by atoms with E-state index in [4.69, 9.17) is 20.3 Å². The lowest BCUT2D eigenvalue weighted by atomic mass is 10.2. The van der Waals surface area contributed by atoms with E-state index in [1.807, 2.05) is 22.6 Å². The first-order valence-corrected chi connectivity index (χ1v) is 9.04. The Labute approximate surface area is 143 Å². The Kier molecular flexibility index (Phi) is 4.57. The van der Waals surface area contributed by atoms with Crippen LogP contribution in [0.4, 0.5) is 5.82 Å². The van der Waals surface area contributed by atoms with Gasteiger partial charge in [0.25, 0.3) is 0 Å². The molecule has 0 radical (unpaired) electrons. The summed E-state index contributed by atoms with van der Waals surface area (Å²) in [7, 11) is -4.63. The summed E-state index contributed by atoms with van der Waals surface area (Å²) < 4.78 is 22.8. The van der Waals surface area contributed by atoms with Crippen molar-refractivity contribution in [3.8, 4) is 0 Å². The molecule has 1 fully saturated rings. The van der Waals surface area contributed by atoms with Gasteiger partial charge in [-0.1, -0.05) is 0 Å². The quantitative estimate of drug-likeness (QED) is 0.274. The standard InChI is InChI=1S/C10H13IN5O6P/c11-10-14-8(12)7-9(15-10)16(3-13-7)6-1-4(17)5(22-6)2-21-23(18,19)20/h3-6,17H,1-2H2,(H2,12,14,15)(H2,18,19,20)/t4-,5+,6+/m0/s1. The number of fused-ring (bicyclic) bond motifs is 1. The van der Waals surface area contributed by atoms with Crippen molar-refractivity contribution in [2.45, 2.75) is 24.9 Å². The summed E-state index contributed by atoms with van der Waals surface area (Å²) in [6.45, 7) is -0.427. The summed E-state index contributed by atoms with van der Waals surface area (Å²) in [5, 5.41) is 9.99. The van der Waals surface area contributed by atoms with Crippen molar-refractivity contribution < 1.29 is 28.7 Å². The van der Waals surface area contributed by atoms with Crippen LogP contribution in [0.5, 0.6) is 0 Å². The van der Waals surface area contributed by atoms with E-state index in [-0.39, 0.29) is 12.2 Å². The molecule has 3 rings (SSSR count). The molecule has 0 amide bonds. The molecule has 1 aliphatic rings. The van der Waals surface area contributed by atoms with Crippen molar-refractivity contribution in [3.05, 3.63) is 10.2 Å². The molecule has 2 aromatic heterocycles. The molecule has 23 heavy (non-hydrogen) atoms. The number of nitrogens with zero attached hydrogens (tertiary/aromatic N) is 4. The van der Waals surface area contributed by atoms with Gasteiger partial charge in [-0.05, 0) is 0 Å². The van der Waals surface area contributed by atoms with Gasteiger partial charge in [0.15, 0.2) is 15.3 Å². The Bertz CT molecular complexity index is 780. The Morgan fingerprint density at radius 2 is 2.26 bits per heavy atom. The minimum absolute atomic E-state index is 0.196. The zero-order chi connectivity index (χ0) is 16.8. The summed E-state index contributed by atoms with van der Waals surface area (Å²) in [4.78, 5) is 29.8. The molecule has 13 heteroatoms. The first-order valence-electron chi connectivity index (χ1n) is 6.44. The molecule has 2 aromatic rings. The molecular weight excluding hydrogens is 444 g/mol. The van der Waals surface area contributed by atoms with Crippen LogP contribution in [0, 0.1) is 3.83 Å². The number of aliphatic hydroxyl groups is 1. The second-order valence-electron chi connectivity index (χ2n) is 4.92. The molecule has 126 valence electrons. The fourth-order valence-electron chi connectivity index (χ4n) is 2.33. The van der Waals surface area contributed by atoms with Crippen LogP contribution in [0.1, 0.15) is 12.6 Å². The Balaban J connectivity index is 1.82. The lowest BCUT2D eigenvalue weighted by Gasteiger charge is -2.16. The Hall–Kier alpha value is -0.890. The number of halogens is 1. The topological polar surface area (TPSA) is 166 Å². The highest BCUT2D eigenvalue weighted by Gasteiger charge is 2.37. The number of rotatable bonds is 4. The molecular formula is C10H13IN5O6P. The van der Waals surface area contributed by atoms with E-state index in [1.54, 1.807) is 4.57 Å². The second kappa shape index (κ2) is 6.20. The molecule has 0 spiro atoms. The number of nitrogen functional groups attached to an aromatic ring is 1. The third-order valence-corrected chi connectivity index (χ3v) is 4.31. The monoisotopic (exact) mass is 457 g/mol. The highest BCUT2D eigenvalue weighted by molar-refractivity contribution is 14.1. The highest BCUT2D eigenvalue weighted by Crippen LogP contribution is 2.38. The number of aliphatic hydroxyl groups excluding tert-OH is 1. The van der Waals surface area contributed by atoms with Crippen LogP contribution in [-0.2, 0) is 13.8 Å². The number of ether oxygens (including phenoxy) is 1. The van der Waals surface area contributed by atoms with Gasteiger partial charge in [0.1, 0.15) is 17.8 Å². The van der Waals surface area contributed by atoms with Gasteiger partial charge in [-0.3, -0.25) is 9.09 Å². The van der Waals surface area contributed by atoms with Crippen LogP contribution in [0.2, 0.25) is 0 Å². The predicted molar refractivity (Wildman–Crippen MR) is 85.0 cm³/mol. The van der Waals surface area contributed by atoms with Crippen molar-refractivity contribution in [1.29, 1.82) is 0 Å². The highest BCUT2D eigenvalue weighted by atomic mass is 127. The van der Waals surface area contributed by atoms with Gasteiger partial charge >= 0.3 is 7.82 Å². The number of anilines is 1. The van der Waals surface area contributed by atoms with Crippen LogP contribution in [0.25, 0.3) is 11.2 Å².